The van der Waals surface area contributed by atoms with Crippen molar-refractivity contribution in [3.05, 3.63) is 0 Å². The summed E-state index contributed by atoms with van der Waals surface area (Å²) in [6.07, 6.45) is 0. The van der Waals surface area contributed by atoms with E-state index in [-0.39, 0.29) is 39.8 Å². The van der Waals surface area contributed by atoms with Crippen molar-refractivity contribution in [1.29, 1.82) is 0 Å². The predicted molar refractivity (Wildman–Crippen MR) is 58.8 cm³/mol. The molecule has 0 aliphatic carbocycles. The van der Waals surface area contributed by atoms with Crippen molar-refractivity contribution in [2.45, 2.75) is 27.7 Å². The van der Waals surface area contributed by atoms with Gasteiger partial charge >= 0.3 is 16.5 Å². The van der Waals surface area contributed by atoms with Crippen molar-refractivity contribution in [3.63, 3.8) is 0 Å². The van der Waals surface area contributed by atoms with Gasteiger partial charge in [-0.2, -0.15) is 0 Å². The molecule has 0 radical (unpaired) electrons. The summed E-state index contributed by atoms with van der Waals surface area (Å²) in [5.74, 6) is -0.630. The maximum absolute atomic E-state index is 9.89. The van der Waals surface area contributed by atoms with Crippen LogP contribution in [0.5, 0.6) is 0 Å². The van der Waals surface area contributed by atoms with Crippen LogP contribution >= 0.6 is 0 Å². The Morgan fingerprint density at radius 2 is 0.941 bits per heavy atom. The molecule has 0 N–H and O–H groups in total. The van der Waals surface area contributed by atoms with Crippen molar-refractivity contribution in [2.24, 2.45) is 11.8 Å². The second-order valence-electron chi connectivity index (χ2n) is 4.24. The van der Waals surface area contributed by atoms with Crippen LogP contribution in [0.1, 0.15) is 27.7 Å². The van der Waals surface area contributed by atoms with Gasteiger partial charge in [-0.1, -0.05) is 27.7 Å². The zero-order valence-corrected chi connectivity index (χ0v) is 12.8. The van der Waals surface area contributed by atoms with E-state index in [0.29, 0.717) is 0 Å². The van der Waals surface area contributed by atoms with Gasteiger partial charge in [0.1, 0.15) is 0 Å². The van der Waals surface area contributed by atoms with Gasteiger partial charge in [0.15, 0.2) is 0 Å². The zero-order chi connectivity index (χ0) is 13.6. The number of rotatable bonds is 4. The number of hydrogen-bond donors (Lipinski definition) is 0. The molecule has 0 saturated carbocycles. The van der Waals surface area contributed by atoms with Crippen LogP contribution in [-0.4, -0.2) is 37.4 Å². The van der Waals surface area contributed by atoms with Crippen molar-refractivity contribution in [3.8, 4) is 0 Å². The van der Waals surface area contributed by atoms with E-state index >= 15 is 0 Å². The van der Waals surface area contributed by atoms with Gasteiger partial charge in [0.25, 0.3) is 0 Å². The molecule has 0 aromatic carbocycles. The van der Waals surface area contributed by atoms with Crippen LogP contribution in [0.2, 0.25) is 0 Å². The molecular weight excluding hydrogens is 315 g/mol. The Bertz CT molecular complexity index is 333. The molecular formula is C8H18NiO6S2. The molecule has 6 nitrogen and oxygen atoms in total. The van der Waals surface area contributed by atoms with Gasteiger partial charge in [0.2, 0.25) is 0 Å². The monoisotopic (exact) mass is 332 g/mol. The summed E-state index contributed by atoms with van der Waals surface area (Å²) in [6, 6.07) is 0. The van der Waals surface area contributed by atoms with E-state index in [0.717, 1.165) is 0 Å². The summed E-state index contributed by atoms with van der Waals surface area (Å²) in [6.45, 7) is 6.76. The molecule has 0 bridgehead atoms. The Morgan fingerprint density at radius 1 is 0.765 bits per heavy atom. The first-order valence-electron chi connectivity index (χ1n) is 4.70. The first-order chi connectivity index (χ1) is 6.83. The molecule has 0 atom stereocenters. The summed E-state index contributed by atoms with van der Waals surface area (Å²) in [5.41, 5.74) is 0. The molecule has 0 aliphatic rings. The van der Waals surface area contributed by atoms with Gasteiger partial charge in [-0.15, -0.1) is 0 Å². The molecule has 108 valence electrons. The molecule has 0 aromatic rings. The Kier molecular flexibility index (Phi) is 12.3. The van der Waals surface area contributed by atoms with Crippen LogP contribution < -0.4 is 0 Å². The normalized spacial score (nSPS) is 11.8. The topological polar surface area (TPSA) is 114 Å². The fraction of sp³-hybridized carbons (Fsp3) is 1.00. The zero-order valence-electron chi connectivity index (χ0n) is 10.2. The molecule has 0 fully saturated rings. The molecule has 9 heteroatoms. The largest absolute Gasteiger partial charge is 2.00 e. The molecule has 0 aliphatic heterocycles. The molecule has 0 aromatic heterocycles. The van der Waals surface area contributed by atoms with E-state index in [1.54, 1.807) is 27.7 Å². The molecule has 17 heavy (non-hydrogen) atoms. The van der Waals surface area contributed by atoms with Gasteiger partial charge in [-0.25, -0.2) is 16.8 Å². The van der Waals surface area contributed by atoms with Crippen LogP contribution in [-0.2, 0) is 36.7 Å². The van der Waals surface area contributed by atoms with E-state index in [9.17, 15) is 25.9 Å². The first-order valence-corrected chi connectivity index (χ1v) is 7.86. The summed E-state index contributed by atoms with van der Waals surface area (Å²) in [4.78, 5) is 0. The SMILES string of the molecule is CC(C)CS(=O)(=O)[O-].CC(C)CS(=O)(=O)[O-].[Ni+2]. The van der Waals surface area contributed by atoms with Crippen LogP contribution in [0.3, 0.4) is 0 Å². The Balaban J connectivity index is -0.000000218. The maximum Gasteiger partial charge on any atom is 2.00 e. The summed E-state index contributed by atoms with van der Waals surface area (Å²) in [7, 11) is -7.95. The number of hydrogen-bond acceptors (Lipinski definition) is 6. The van der Waals surface area contributed by atoms with Gasteiger partial charge in [0.05, 0.1) is 20.2 Å². The quantitative estimate of drug-likeness (QED) is 0.542. The van der Waals surface area contributed by atoms with Crippen LogP contribution in [0.4, 0.5) is 0 Å². The molecule has 0 unspecified atom stereocenters. The molecule has 0 saturated heterocycles. The molecule has 0 amide bonds. The smallest absolute Gasteiger partial charge is 0.748 e. The van der Waals surface area contributed by atoms with Crippen LogP contribution in [0.15, 0.2) is 0 Å². The summed E-state index contributed by atoms with van der Waals surface area (Å²) < 4.78 is 59.3. The van der Waals surface area contributed by atoms with E-state index in [2.05, 4.69) is 0 Å². The van der Waals surface area contributed by atoms with Crippen LogP contribution in [0.25, 0.3) is 0 Å². The third kappa shape index (κ3) is 31.4. The average molecular weight is 333 g/mol. The van der Waals surface area contributed by atoms with E-state index in [1.807, 2.05) is 0 Å². The van der Waals surface area contributed by atoms with Gasteiger partial charge < -0.3 is 9.11 Å². The van der Waals surface area contributed by atoms with Crippen LogP contribution in [0, 0.1) is 11.8 Å². The minimum absolute atomic E-state index is 0. The Morgan fingerprint density at radius 3 is 0.941 bits per heavy atom. The Hall–Kier alpha value is 0.314. The molecule has 0 rings (SSSR count). The van der Waals surface area contributed by atoms with Crippen molar-refractivity contribution < 1.29 is 42.4 Å². The summed E-state index contributed by atoms with van der Waals surface area (Å²) >= 11 is 0. The van der Waals surface area contributed by atoms with Crippen molar-refractivity contribution >= 4 is 20.2 Å². The van der Waals surface area contributed by atoms with Crippen molar-refractivity contribution in [2.75, 3.05) is 11.5 Å². The third-order valence-electron chi connectivity index (χ3n) is 1.07. The fourth-order valence-corrected chi connectivity index (χ4v) is 2.45. The maximum atomic E-state index is 9.89. The van der Waals surface area contributed by atoms with E-state index < -0.39 is 20.2 Å². The molecule has 0 spiro atoms. The standard InChI is InChI=1S/2C4H10O3S.Ni/c2*1-4(2)3-8(5,6)7;/h2*4H,3H2,1-2H3,(H,5,6,7);/q;;+2/p-2. The Labute approximate surface area is 114 Å². The van der Waals surface area contributed by atoms with Gasteiger partial charge in [-0.3, -0.25) is 0 Å². The van der Waals surface area contributed by atoms with E-state index in [4.69, 9.17) is 0 Å². The second kappa shape index (κ2) is 9.27. The fourth-order valence-electron chi connectivity index (χ4n) is 0.816. The first kappa shape index (κ1) is 22.5. The minimum Gasteiger partial charge on any atom is -0.748 e. The van der Waals surface area contributed by atoms with Gasteiger partial charge in [-0.05, 0) is 11.8 Å². The third-order valence-corrected chi connectivity index (χ3v) is 3.22. The minimum atomic E-state index is -3.97. The second-order valence-corrected chi connectivity index (χ2v) is 7.13. The summed E-state index contributed by atoms with van der Waals surface area (Å²) in [5, 5.41) is 0. The predicted octanol–water partition coefficient (Wildman–Crippen LogP) is 0.373. The average Bonchev–Trinajstić information content (AvgIpc) is 1.72. The van der Waals surface area contributed by atoms with Gasteiger partial charge in [0, 0.05) is 11.5 Å². The van der Waals surface area contributed by atoms with E-state index in [1.165, 1.54) is 0 Å². The molecule has 0 heterocycles. The van der Waals surface area contributed by atoms with Crippen molar-refractivity contribution in [1.82, 2.24) is 0 Å².